The number of aromatic nitrogens is 3. The van der Waals surface area contributed by atoms with Crippen molar-refractivity contribution in [1.82, 2.24) is 14.1 Å². The van der Waals surface area contributed by atoms with Crippen molar-refractivity contribution >= 4 is 27.3 Å². The molecule has 0 amide bonds. The fraction of sp³-hybridized carbons (Fsp3) is 0.500. The van der Waals surface area contributed by atoms with E-state index >= 15 is 0 Å². The normalized spacial score (nSPS) is 16.7. The molecule has 3 aromatic heterocycles. The van der Waals surface area contributed by atoms with Crippen LogP contribution in [0.1, 0.15) is 65.4 Å². The topological polar surface area (TPSA) is 56.9 Å². The van der Waals surface area contributed by atoms with Crippen LogP contribution in [0, 0.1) is 19.8 Å². The number of carbonyl (C=O) groups is 1. The smallest absolute Gasteiger partial charge is 0.262 e. The van der Waals surface area contributed by atoms with Crippen LogP contribution in [0.2, 0.25) is 0 Å². The lowest BCUT2D eigenvalue weighted by Gasteiger charge is -2.17. The van der Waals surface area contributed by atoms with E-state index in [1.807, 2.05) is 19.9 Å². The summed E-state index contributed by atoms with van der Waals surface area (Å²) in [5.74, 6) is 0.613. The fourth-order valence-electron chi connectivity index (χ4n) is 4.57. The van der Waals surface area contributed by atoms with Gasteiger partial charge in [0.2, 0.25) is 0 Å². The monoisotopic (exact) mass is 397 g/mol. The standard InChI is InChI=1S/C22H27N3O2S/c1-12(2)25-14(4)9-17(15(25)5)18(26)10-24-11-23-21-20(22(24)27)16-7-6-13(3)8-19(16)28-21/h9,11-13H,6-8,10H2,1-5H3. The van der Waals surface area contributed by atoms with Crippen LogP contribution in [0.4, 0.5) is 0 Å². The summed E-state index contributed by atoms with van der Waals surface area (Å²) < 4.78 is 3.64. The van der Waals surface area contributed by atoms with Gasteiger partial charge in [0.15, 0.2) is 5.78 Å². The number of thiophene rings is 1. The highest BCUT2D eigenvalue weighted by molar-refractivity contribution is 7.18. The molecule has 0 saturated heterocycles. The summed E-state index contributed by atoms with van der Waals surface area (Å²) in [5.41, 5.74) is 3.80. The number of ketones is 1. The van der Waals surface area contributed by atoms with Gasteiger partial charge < -0.3 is 4.57 Å². The molecular weight excluding hydrogens is 370 g/mol. The van der Waals surface area contributed by atoms with Crippen LogP contribution >= 0.6 is 11.3 Å². The molecule has 148 valence electrons. The van der Waals surface area contributed by atoms with Gasteiger partial charge in [-0.15, -0.1) is 11.3 Å². The van der Waals surface area contributed by atoms with Gasteiger partial charge in [-0.25, -0.2) is 4.98 Å². The number of hydrogen-bond acceptors (Lipinski definition) is 4. The van der Waals surface area contributed by atoms with Gasteiger partial charge in [0, 0.05) is 27.9 Å². The van der Waals surface area contributed by atoms with Gasteiger partial charge in [-0.05, 0) is 64.5 Å². The molecule has 0 bridgehead atoms. The molecule has 6 heteroatoms. The van der Waals surface area contributed by atoms with Crippen molar-refractivity contribution in [2.45, 2.75) is 66.5 Å². The first-order valence-corrected chi connectivity index (χ1v) is 10.8. The lowest BCUT2D eigenvalue weighted by Crippen LogP contribution is -2.25. The number of aryl methyl sites for hydroxylation is 2. The van der Waals surface area contributed by atoms with Gasteiger partial charge in [-0.1, -0.05) is 6.92 Å². The quantitative estimate of drug-likeness (QED) is 0.611. The first kappa shape index (κ1) is 19.1. The summed E-state index contributed by atoms with van der Waals surface area (Å²) >= 11 is 1.64. The predicted molar refractivity (Wildman–Crippen MR) is 114 cm³/mol. The third-order valence-electron chi connectivity index (χ3n) is 5.90. The summed E-state index contributed by atoms with van der Waals surface area (Å²) in [6.45, 7) is 10.5. The number of rotatable bonds is 4. The second-order valence-corrected chi connectivity index (χ2v) is 9.46. The third kappa shape index (κ3) is 3.04. The van der Waals surface area contributed by atoms with E-state index in [1.54, 1.807) is 11.3 Å². The molecule has 0 fully saturated rings. The Bertz CT molecular complexity index is 1130. The van der Waals surface area contributed by atoms with E-state index < -0.39 is 0 Å². The second kappa shape index (κ2) is 6.99. The van der Waals surface area contributed by atoms with Crippen molar-refractivity contribution in [3.8, 4) is 0 Å². The van der Waals surface area contributed by atoms with Crippen molar-refractivity contribution in [2.75, 3.05) is 0 Å². The van der Waals surface area contributed by atoms with E-state index in [-0.39, 0.29) is 17.9 Å². The maximum Gasteiger partial charge on any atom is 0.262 e. The highest BCUT2D eigenvalue weighted by Crippen LogP contribution is 2.35. The van der Waals surface area contributed by atoms with Crippen molar-refractivity contribution in [2.24, 2.45) is 5.92 Å². The summed E-state index contributed by atoms with van der Waals surface area (Å²) in [6.07, 6.45) is 4.60. The zero-order chi connectivity index (χ0) is 20.2. The Morgan fingerprint density at radius 2 is 2.11 bits per heavy atom. The molecular formula is C22H27N3O2S. The average molecular weight is 398 g/mol. The average Bonchev–Trinajstić information content (AvgIpc) is 3.14. The van der Waals surface area contributed by atoms with Gasteiger partial charge in [0.1, 0.15) is 4.83 Å². The molecule has 3 aromatic rings. The minimum atomic E-state index is -0.0805. The van der Waals surface area contributed by atoms with Gasteiger partial charge in [-0.3, -0.25) is 14.2 Å². The Balaban J connectivity index is 1.71. The molecule has 0 spiro atoms. The summed E-state index contributed by atoms with van der Waals surface area (Å²) in [5, 5.41) is 0.731. The maximum absolute atomic E-state index is 13.1. The molecule has 0 aliphatic heterocycles. The van der Waals surface area contributed by atoms with Gasteiger partial charge in [0.05, 0.1) is 18.3 Å². The van der Waals surface area contributed by atoms with Crippen molar-refractivity contribution in [1.29, 1.82) is 0 Å². The Morgan fingerprint density at radius 3 is 2.79 bits per heavy atom. The molecule has 28 heavy (non-hydrogen) atoms. The predicted octanol–water partition coefficient (Wildman–Crippen LogP) is 4.46. The third-order valence-corrected chi connectivity index (χ3v) is 7.06. The molecule has 3 heterocycles. The fourth-order valence-corrected chi connectivity index (χ4v) is 5.91. The van der Waals surface area contributed by atoms with Crippen LogP contribution in [0.25, 0.3) is 10.2 Å². The van der Waals surface area contributed by atoms with Crippen molar-refractivity contribution < 1.29 is 4.79 Å². The van der Waals surface area contributed by atoms with Gasteiger partial charge in [0.25, 0.3) is 5.56 Å². The summed E-state index contributed by atoms with van der Waals surface area (Å²) in [6, 6.07) is 2.23. The molecule has 1 aliphatic carbocycles. The minimum Gasteiger partial charge on any atom is -0.346 e. The Labute approximate surface area is 169 Å². The lowest BCUT2D eigenvalue weighted by atomic mass is 9.89. The van der Waals surface area contributed by atoms with E-state index in [0.29, 0.717) is 17.5 Å². The number of carbonyl (C=O) groups excluding carboxylic acids is 1. The highest BCUT2D eigenvalue weighted by Gasteiger charge is 2.24. The number of hydrogen-bond donors (Lipinski definition) is 0. The van der Waals surface area contributed by atoms with E-state index in [2.05, 4.69) is 30.3 Å². The van der Waals surface area contributed by atoms with E-state index in [0.717, 1.165) is 46.4 Å². The number of nitrogens with zero attached hydrogens (tertiary/aromatic N) is 3. The van der Waals surface area contributed by atoms with Crippen LogP contribution in [-0.2, 0) is 19.4 Å². The SMILES string of the molecule is Cc1cc(C(=O)Cn2cnc3sc4c(c3c2=O)CCC(C)C4)c(C)n1C(C)C. The van der Waals surface area contributed by atoms with Crippen LogP contribution in [0.15, 0.2) is 17.2 Å². The minimum absolute atomic E-state index is 0.0329. The molecule has 0 radical (unpaired) electrons. The van der Waals surface area contributed by atoms with E-state index in [4.69, 9.17) is 0 Å². The number of Topliss-reactive ketones (excluding diaryl/α,β-unsaturated/α-hetero) is 1. The van der Waals surface area contributed by atoms with Crippen LogP contribution in [-0.4, -0.2) is 19.9 Å². The largest absolute Gasteiger partial charge is 0.346 e. The molecule has 4 rings (SSSR count). The molecule has 1 aliphatic rings. The molecule has 1 unspecified atom stereocenters. The first-order chi connectivity index (χ1) is 13.3. The van der Waals surface area contributed by atoms with E-state index in [9.17, 15) is 9.59 Å². The summed E-state index contributed by atoms with van der Waals surface area (Å²) in [7, 11) is 0. The Hall–Kier alpha value is -2.21. The Kier molecular flexibility index (Phi) is 4.78. The van der Waals surface area contributed by atoms with Crippen LogP contribution < -0.4 is 5.56 Å². The maximum atomic E-state index is 13.1. The van der Waals surface area contributed by atoms with E-state index in [1.165, 1.54) is 15.8 Å². The molecule has 0 saturated carbocycles. The first-order valence-electron chi connectivity index (χ1n) is 9.99. The molecule has 1 atom stereocenters. The van der Waals surface area contributed by atoms with Gasteiger partial charge >= 0.3 is 0 Å². The van der Waals surface area contributed by atoms with Gasteiger partial charge in [-0.2, -0.15) is 0 Å². The van der Waals surface area contributed by atoms with Crippen LogP contribution in [0.3, 0.4) is 0 Å². The summed E-state index contributed by atoms with van der Waals surface area (Å²) in [4.78, 5) is 32.8. The zero-order valence-electron chi connectivity index (χ0n) is 17.2. The Morgan fingerprint density at radius 1 is 1.36 bits per heavy atom. The molecule has 0 aromatic carbocycles. The van der Waals surface area contributed by atoms with Crippen LogP contribution in [0.5, 0.6) is 0 Å². The zero-order valence-corrected chi connectivity index (χ0v) is 18.0. The highest BCUT2D eigenvalue weighted by atomic mass is 32.1. The second-order valence-electron chi connectivity index (χ2n) is 8.38. The lowest BCUT2D eigenvalue weighted by molar-refractivity contribution is 0.0970. The van der Waals surface area contributed by atoms with Crippen molar-refractivity contribution in [3.05, 3.63) is 50.1 Å². The van der Waals surface area contributed by atoms with Crippen molar-refractivity contribution in [3.63, 3.8) is 0 Å². The number of fused-ring (bicyclic) bond motifs is 3. The molecule has 0 N–H and O–H groups in total. The molecule has 5 nitrogen and oxygen atoms in total.